The molecule has 0 aliphatic carbocycles. The molecular weight excluding hydrogens is 290 g/mol. The van der Waals surface area contributed by atoms with Crippen LogP contribution < -0.4 is 5.32 Å². The van der Waals surface area contributed by atoms with Gasteiger partial charge in [0.25, 0.3) is 0 Å². The number of amides is 1. The summed E-state index contributed by atoms with van der Waals surface area (Å²) >= 11 is 0. The van der Waals surface area contributed by atoms with Crippen LogP contribution in [0, 0.1) is 0 Å². The molecule has 6 heteroatoms. The van der Waals surface area contributed by atoms with Gasteiger partial charge in [-0.05, 0) is 19.1 Å². The molecule has 0 saturated heterocycles. The summed E-state index contributed by atoms with van der Waals surface area (Å²) in [6.45, 7) is 4.65. The summed E-state index contributed by atoms with van der Waals surface area (Å²) in [4.78, 5) is 23.8. The van der Waals surface area contributed by atoms with Gasteiger partial charge in [0, 0.05) is 19.4 Å². The Morgan fingerprint density at radius 1 is 1.39 bits per heavy atom. The lowest BCUT2D eigenvalue weighted by molar-refractivity contribution is -0.121. The highest BCUT2D eigenvalue weighted by Gasteiger charge is 2.13. The fourth-order valence-corrected chi connectivity index (χ4v) is 2.75. The van der Waals surface area contributed by atoms with E-state index in [4.69, 9.17) is 0 Å². The number of aromatic nitrogens is 4. The number of aryl methyl sites for hydroxylation is 2. The molecule has 2 N–H and O–H groups in total. The van der Waals surface area contributed by atoms with Gasteiger partial charge in [0.05, 0.1) is 35.3 Å². The smallest absolute Gasteiger partial charge is 0.222 e. The van der Waals surface area contributed by atoms with E-state index < -0.39 is 0 Å². The molecule has 1 atom stereocenters. The molecule has 0 bridgehead atoms. The molecule has 6 nitrogen and oxygen atoms in total. The molecular formula is C17H21N5O. The molecule has 3 aromatic rings. The molecule has 0 spiro atoms. The Bertz CT molecular complexity index is 791. The van der Waals surface area contributed by atoms with Crippen molar-refractivity contribution in [1.29, 1.82) is 0 Å². The van der Waals surface area contributed by atoms with E-state index in [1.165, 1.54) is 0 Å². The van der Waals surface area contributed by atoms with Crippen molar-refractivity contribution in [1.82, 2.24) is 24.8 Å². The number of para-hydroxylation sites is 2. The van der Waals surface area contributed by atoms with E-state index in [0.29, 0.717) is 13.0 Å². The van der Waals surface area contributed by atoms with E-state index in [1.807, 2.05) is 31.2 Å². The molecule has 3 rings (SSSR count). The Morgan fingerprint density at radius 2 is 2.22 bits per heavy atom. The van der Waals surface area contributed by atoms with Gasteiger partial charge < -0.3 is 14.9 Å². The maximum atomic E-state index is 12.2. The first-order valence-corrected chi connectivity index (χ1v) is 7.90. The second kappa shape index (κ2) is 6.64. The lowest BCUT2D eigenvalue weighted by Gasteiger charge is -2.13. The lowest BCUT2D eigenvalue weighted by atomic mass is 10.2. The number of nitrogens with one attached hydrogen (secondary N) is 2. The Labute approximate surface area is 135 Å². The highest BCUT2D eigenvalue weighted by molar-refractivity contribution is 5.78. The van der Waals surface area contributed by atoms with Gasteiger partial charge in [-0.25, -0.2) is 9.97 Å². The minimum Gasteiger partial charge on any atom is -0.348 e. The topological polar surface area (TPSA) is 75.6 Å². The number of imidazole rings is 2. The summed E-state index contributed by atoms with van der Waals surface area (Å²) in [6, 6.07) is 7.96. The van der Waals surface area contributed by atoms with Gasteiger partial charge in [-0.15, -0.1) is 0 Å². The molecule has 0 saturated carbocycles. The number of carbonyl (C=O) groups is 1. The molecule has 2 heterocycles. The molecule has 0 aliphatic rings. The molecule has 0 radical (unpaired) electrons. The molecule has 23 heavy (non-hydrogen) atoms. The van der Waals surface area contributed by atoms with Crippen LogP contribution in [0.4, 0.5) is 0 Å². The van der Waals surface area contributed by atoms with Crippen molar-refractivity contribution in [2.75, 3.05) is 0 Å². The number of benzene rings is 1. The number of hydrogen-bond donors (Lipinski definition) is 2. The van der Waals surface area contributed by atoms with Crippen molar-refractivity contribution in [2.45, 2.75) is 39.3 Å². The van der Waals surface area contributed by atoms with E-state index in [9.17, 15) is 4.79 Å². The third kappa shape index (κ3) is 3.26. The average molecular weight is 311 g/mol. The van der Waals surface area contributed by atoms with Gasteiger partial charge >= 0.3 is 0 Å². The van der Waals surface area contributed by atoms with Crippen LogP contribution >= 0.6 is 0 Å². The van der Waals surface area contributed by atoms with Crippen LogP contribution in [0.15, 0.2) is 36.8 Å². The lowest BCUT2D eigenvalue weighted by Crippen LogP contribution is -2.27. The number of aromatic amines is 1. The van der Waals surface area contributed by atoms with Gasteiger partial charge in [0.2, 0.25) is 5.91 Å². The fourth-order valence-electron chi connectivity index (χ4n) is 2.75. The van der Waals surface area contributed by atoms with Crippen molar-refractivity contribution in [3.05, 3.63) is 48.3 Å². The van der Waals surface area contributed by atoms with Crippen LogP contribution in [0.5, 0.6) is 0 Å². The fraction of sp³-hybridized carbons (Fsp3) is 0.353. The standard InChI is InChI=1S/C17H21N5O/c1-3-16-21-13-6-4-5-7-15(13)22(16)9-8-17(23)20-12(2)14-10-18-11-19-14/h4-7,10-12H,3,8-9H2,1-2H3,(H,18,19)(H,20,23)/t12-/m1/s1. The average Bonchev–Trinajstić information content (AvgIpc) is 3.20. The van der Waals surface area contributed by atoms with Gasteiger partial charge in [-0.2, -0.15) is 0 Å². The van der Waals surface area contributed by atoms with E-state index in [1.54, 1.807) is 12.5 Å². The van der Waals surface area contributed by atoms with Gasteiger partial charge in [0.1, 0.15) is 5.82 Å². The monoisotopic (exact) mass is 311 g/mol. The first kappa shape index (κ1) is 15.3. The highest BCUT2D eigenvalue weighted by Crippen LogP contribution is 2.17. The zero-order valence-electron chi connectivity index (χ0n) is 13.4. The number of carbonyl (C=O) groups excluding carboxylic acids is 1. The summed E-state index contributed by atoms with van der Waals surface area (Å²) in [6.07, 6.45) is 4.61. The summed E-state index contributed by atoms with van der Waals surface area (Å²) in [5.74, 6) is 1.03. The van der Waals surface area contributed by atoms with E-state index in [-0.39, 0.29) is 11.9 Å². The van der Waals surface area contributed by atoms with Crippen LogP contribution in [0.2, 0.25) is 0 Å². The number of fused-ring (bicyclic) bond motifs is 1. The van der Waals surface area contributed by atoms with E-state index >= 15 is 0 Å². The maximum Gasteiger partial charge on any atom is 0.222 e. The van der Waals surface area contributed by atoms with Crippen LogP contribution in [0.1, 0.15) is 37.8 Å². The molecule has 120 valence electrons. The molecule has 1 amide bonds. The third-order valence-corrected chi connectivity index (χ3v) is 3.98. The largest absolute Gasteiger partial charge is 0.348 e. The Morgan fingerprint density at radius 3 is 2.96 bits per heavy atom. The summed E-state index contributed by atoms with van der Waals surface area (Å²) in [7, 11) is 0. The third-order valence-electron chi connectivity index (χ3n) is 3.98. The predicted octanol–water partition coefficient (Wildman–Crippen LogP) is 2.59. The number of nitrogens with zero attached hydrogens (tertiary/aromatic N) is 3. The van der Waals surface area contributed by atoms with Crippen molar-refractivity contribution in [3.8, 4) is 0 Å². The zero-order chi connectivity index (χ0) is 16.2. The Hall–Kier alpha value is -2.63. The number of hydrogen-bond acceptors (Lipinski definition) is 3. The number of H-pyrrole nitrogens is 1. The maximum absolute atomic E-state index is 12.2. The number of rotatable bonds is 6. The summed E-state index contributed by atoms with van der Waals surface area (Å²) in [5.41, 5.74) is 2.97. The van der Waals surface area contributed by atoms with E-state index in [0.717, 1.165) is 29.0 Å². The highest BCUT2D eigenvalue weighted by atomic mass is 16.1. The second-order valence-corrected chi connectivity index (χ2v) is 5.57. The first-order chi connectivity index (χ1) is 11.2. The normalized spacial score (nSPS) is 12.4. The van der Waals surface area contributed by atoms with Crippen molar-refractivity contribution in [2.24, 2.45) is 0 Å². The molecule has 1 aromatic carbocycles. The Balaban J connectivity index is 1.67. The minimum atomic E-state index is -0.0739. The quantitative estimate of drug-likeness (QED) is 0.734. The SMILES string of the molecule is CCc1nc2ccccc2n1CCC(=O)N[C@H](C)c1cnc[nH]1. The molecule has 0 fully saturated rings. The molecule has 0 aliphatic heterocycles. The van der Waals surface area contributed by atoms with Gasteiger partial charge in [0.15, 0.2) is 0 Å². The van der Waals surface area contributed by atoms with Crippen LogP contribution in [0.25, 0.3) is 11.0 Å². The van der Waals surface area contributed by atoms with Crippen molar-refractivity contribution < 1.29 is 4.79 Å². The predicted molar refractivity (Wildman–Crippen MR) is 88.9 cm³/mol. The molecule has 2 aromatic heterocycles. The van der Waals surface area contributed by atoms with Crippen molar-refractivity contribution >= 4 is 16.9 Å². The molecule has 0 unspecified atom stereocenters. The summed E-state index contributed by atoms with van der Waals surface area (Å²) in [5, 5.41) is 2.99. The van der Waals surface area contributed by atoms with E-state index in [2.05, 4.69) is 31.8 Å². The van der Waals surface area contributed by atoms with Crippen LogP contribution in [-0.4, -0.2) is 25.4 Å². The van der Waals surface area contributed by atoms with Crippen LogP contribution in [0.3, 0.4) is 0 Å². The van der Waals surface area contributed by atoms with Gasteiger partial charge in [-0.1, -0.05) is 19.1 Å². The van der Waals surface area contributed by atoms with Crippen LogP contribution in [-0.2, 0) is 17.8 Å². The first-order valence-electron chi connectivity index (χ1n) is 7.90. The van der Waals surface area contributed by atoms with Crippen molar-refractivity contribution in [3.63, 3.8) is 0 Å². The zero-order valence-corrected chi connectivity index (χ0v) is 13.4. The second-order valence-electron chi connectivity index (χ2n) is 5.57. The van der Waals surface area contributed by atoms with Gasteiger partial charge in [-0.3, -0.25) is 4.79 Å². The summed E-state index contributed by atoms with van der Waals surface area (Å²) < 4.78 is 2.13. The Kier molecular flexibility index (Phi) is 4.41. The minimum absolute atomic E-state index is 0.0203.